The third-order valence-electron chi connectivity index (χ3n) is 3.18. The van der Waals surface area contributed by atoms with Crippen LogP contribution in [0, 0.1) is 12.7 Å². The highest BCUT2D eigenvalue weighted by Crippen LogP contribution is 2.14. The SMILES string of the molecule is Cc1ccc2[nH]c(=O)n(Cc3ccc(F)cc3)c2c1. The third kappa shape index (κ3) is 2.17. The number of benzene rings is 2. The van der Waals surface area contributed by atoms with Gasteiger partial charge in [-0.3, -0.25) is 4.57 Å². The highest BCUT2D eigenvalue weighted by Gasteiger charge is 2.07. The number of H-pyrrole nitrogens is 1. The molecule has 4 heteroatoms. The van der Waals surface area contributed by atoms with Crippen molar-refractivity contribution in [1.82, 2.24) is 9.55 Å². The van der Waals surface area contributed by atoms with E-state index in [0.717, 1.165) is 22.2 Å². The fourth-order valence-electron chi connectivity index (χ4n) is 2.19. The van der Waals surface area contributed by atoms with Crippen LogP contribution in [0.25, 0.3) is 11.0 Å². The number of hydrogen-bond acceptors (Lipinski definition) is 1. The lowest BCUT2D eigenvalue weighted by Gasteiger charge is -2.04. The predicted octanol–water partition coefficient (Wildman–Crippen LogP) is 2.83. The lowest BCUT2D eigenvalue weighted by molar-refractivity contribution is 0.626. The summed E-state index contributed by atoms with van der Waals surface area (Å²) in [6, 6.07) is 12.0. The van der Waals surface area contributed by atoms with Gasteiger partial charge in [-0.05, 0) is 42.3 Å². The third-order valence-corrected chi connectivity index (χ3v) is 3.18. The van der Waals surface area contributed by atoms with E-state index in [2.05, 4.69) is 4.98 Å². The van der Waals surface area contributed by atoms with E-state index in [0.29, 0.717) is 6.54 Å². The van der Waals surface area contributed by atoms with Crippen LogP contribution in [0.15, 0.2) is 47.3 Å². The normalized spacial score (nSPS) is 11.1. The Kier molecular flexibility index (Phi) is 2.71. The molecule has 19 heavy (non-hydrogen) atoms. The first-order valence-corrected chi connectivity index (χ1v) is 6.07. The maximum atomic E-state index is 12.9. The van der Waals surface area contributed by atoms with Crippen molar-refractivity contribution in [2.45, 2.75) is 13.5 Å². The first-order valence-electron chi connectivity index (χ1n) is 6.07. The second kappa shape index (κ2) is 4.39. The maximum absolute atomic E-state index is 12.9. The lowest BCUT2D eigenvalue weighted by Crippen LogP contribution is -2.17. The van der Waals surface area contributed by atoms with Crippen molar-refractivity contribution >= 4 is 11.0 Å². The van der Waals surface area contributed by atoms with E-state index < -0.39 is 0 Å². The smallest absolute Gasteiger partial charge is 0.306 e. The molecule has 3 rings (SSSR count). The number of imidazole rings is 1. The van der Waals surface area contributed by atoms with E-state index in [-0.39, 0.29) is 11.5 Å². The van der Waals surface area contributed by atoms with Gasteiger partial charge in [0.05, 0.1) is 17.6 Å². The second-order valence-corrected chi connectivity index (χ2v) is 4.66. The molecular weight excluding hydrogens is 243 g/mol. The van der Waals surface area contributed by atoms with Gasteiger partial charge in [0.2, 0.25) is 0 Å². The van der Waals surface area contributed by atoms with Crippen LogP contribution in [0.1, 0.15) is 11.1 Å². The molecule has 0 saturated carbocycles. The van der Waals surface area contributed by atoms with E-state index >= 15 is 0 Å². The van der Waals surface area contributed by atoms with Crippen molar-refractivity contribution in [1.29, 1.82) is 0 Å². The molecule has 0 atom stereocenters. The van der Waals surface area contributed by atoms with Crippen molar-refractivity contribution in [2.75, 3.05) is 0 Å². The molecule has 3 nitrogen and oxygen atoms in total. The predicted molar refractivity (Wildman–Crippen MR) is 72.8 cm³/mol. The number of aromatic nitrogens is 2. The molecule has 96 valence electrons. The van der Waals surface area contributed by atoms with Crippen molar-refractivity contribution in [3.63, 3.8) is 0 Å². The molecule has 0 aliphatic heterocycles. The van der Waals surface area contributed by atoms with E-state index in [1.807, 2.05) is 25.1 Å². The standard InChI is InChI=1S/C15H13FN2O/c1-10-2-7-13-14(8-10)18(15(19)17-13)9-11-3-5-12(16)6-4-11/h2-8H,9H2,1H3,(H,17,19). The summed E-state index contributed by atoms with van der Waals surface area (Å²) in [6.45, 7) is 2.42. The number of halogens is 1. The highest BCUT2D eigenvalue weighted by molar-refractivity contribution is 5.76. The summed E-state index contributed by atoms with van der Waals surface area (Å²) in [5, 5.41) is 0. The molecule has 1 aromatic heterocycles. The molecule has 1 heterocycles. The Morgan fingerprint density at radius 3 is 2.63 bits per heavy atom. The Hall–Kier alpha value is -2.36. The van der Waals surface area contributed by atoms with Gasteiger partial charge in [-0.2, -0.15) is 0 Å². The Labute approximate surface area is 109 Å². The number of rotatable bonds is 2. The zero-order chi connectivity index (χ0) is 13.4. The molecule has 0 aliphatic rings. The minimum absolute atomic E-state index is 0.148. The van der Waals surface area contributed by atoms with Crippen molar-refractivity contribution in [3.05, 3.63) is 69.9 Å². The summed E-state index contributed by atoms with van der Waals surface area (Å²) in [4.78, 5) is 14.8. The molecule has 3 aromatic rings. The number of nitrogens with zero attached hydrogens (tertiary/aromatic N) is 1. The van der Waals surface area contributed by atoms with Gasteiger partial charge in [-0.1, -0.05) is 18.2 Å². The molecule has 0 bridgehead atoms. The molecule has 0 saturated heterocycles. The second-order valence-electron chi connectivity index (χ2n) is 4.66. The number of fused-ring (bicyclic) bond motifs is 1. The van der Waals surface area contributed by atoms with Crippen LogP contribution in [0.5, 0.6) is 0 Å². The highest BCUT2D eigenvalue weighted by atomic mass is 19.1. The molecule has 0 aliphatic carbocycles. The molecule has 1 N–H and O–H groups in total. The van der Waals surface area contributed by atoms with Crippen LogP contribution in [0.3, 0.4) is 0 Å². The fourth-order valence-corrected chi connectivity index (χ4v) is 2.19. The van der Waals surface area contributed by atoms with Crippen LogP contribution >= 0.6 is 0 Å². The summed E-state index contributed by atoms with van der Waals surface area (Å²) >= 11 is 0. The Morgan fingerprint density at radius 2 is 1.89 bits per heavy atom. The fraction of sp³-hybridized carbons (Fsp3) is 0.133. The lowest BCUT2D eigenvalue weighted by atomic mass is 10.2. The quantitative estimate of drug-likeness (QED) is 0.752. The van der Waals surface area contributed by atoms with Crippen molar-refractivity contribution < 1.29 is 4.39 Å². The molecule has 0 amide bonds. The first-order chi connectivity index (χ1) is 9.13. The molecule has 0 fully saturated rings. The van der Waals surface area contributed by atoms with Crippen LogP contribution in [-0.2, 0) is 6.54 Å². The largest absolute Gasteiger partial charge is 0.326 e. The zero-order valence-corrected chi connectivity index (χ0v) is 10.5. The molecule has 0 radical (unpaired) electrons. The average molecular weight is 256 g/mol. The maximum Gasteiger partial charge on any atom is 0.326 e. The van der Waals surface area contributed by atoms with Gasteiger partial charge in [0.25, 0.3) is 0 Å². The molecular formula is C15H13FN2O. The monoisotopic (exact) mass is 256 g/mol. The Morgan fingerprint density at radius 1 is 1.16 bits per heavy atom. The average Bonchev–Trinajstić information content (AvgIpc) is 2.69. The van der Waals surface area contributed by atoms with Crippen LogP contribution < -0.4 is 5.69 Å². The van der Waals surface area contributed by atoms with Crippen molar-refractivity contribution in [3.8, 4) is 0 Å². The molecule has 0 spiro atoms. The van der Waals surface area contributed by atoms with E-state index in [4.69, 9.17) is 0 Å². The Bertz CT molecular complexity index is 784. The Balaban J connectivity index is 2.09. The van der Waals surface area contributed by atoms with Gasteiger partial charge < -0.3 is 4.98 Å². The van der Waals surface area contributed by atoms with Crippen LogP contribution in [0.2, 0.25) is 0 Å². The van der Waals surface area contributed by atoms with Gasteiger partial charge >= 0.3 is 5.69 Å². The van der Waals surface area contributed by atoms with Gasteiger partial charge in [0.1, 0.15) is 5.82 Å². The number of aromatic amines is 1. The van der Waals surface area contributed by atoms with Gasteiger partial charge in [-0.25, -0.2) is 9.18 Å². The van der Waals surface area contributed by atoms with E-state index in [9.17, 15) is 9.18 Å². The minimum atomic E-state index is -0.272. The first kappa shape index (κ1) is 11.7. The van der Waals surface area contributed by atoms with Crippen LogP contribution in [0.4, 0.5) is 4.39 Å². The summed E-state index contributed by atoms with van der Waals surface area (Å²) in [5.74, 6) is -0.272. The summed E-state index contributed by atoms with van der Waals surface area (Å²) in [5.41, 5.74) is 3.53. The van der Waals surface area contributed by atoms with Gasteiger partial charge in [0.15, 0.2) is 0 Å². The van der Waals surface area contributed by atoms with Crippen LogP contribution in [-0.4, -0.2) is 9.55 Å². The number of nitrogens with one attached hydrogen (secondary N) is 1. The topological polar surface area (TPSA) is 37.8 Å². The number of hydrogen-bond donors (Lipinski definition) is 1. The molecule has 0 unspecified atom stereocenters. The zero-order valence-electron chi connectivity index (χ0n) is 10.5. The van der Waals surface area contributed by atoms with Crippen molar-refractivity contribution in [2.24, 2.45) is 0 Å². The summed E-state index contributed by atoms with van der Waals surface area (Å²) in [7, 11) is 0. The number of aryl methyl sites for hydroxylation is 1. The summed E-state index contributed by atoms with van der Waals surface area (Å²) < 4.78 is 14.5. The van der Waals surface area contributed by atoms with E-state index in [1.54, 1.807) is 16.7 Å². The van der Waals surface area contributed by atoms with Gasteiger partial charge in [-0.15, -0.1) is 0 Å². The molecule has 2 aromatic carbocycles. The summed E-state index contributed by atoms with van der Waals surface area (Å²) in [6.07, 6.45) is 0. The van der Waals surface area contributed by atoms with E-state index in [1.165, 1.54) is 12.1 Å². The van der Waals surface area contributed by atoms with Gasteiger partial charge in [0, 0.05) is 0 Å². The minimum Gasteiger partial charge on any atom is -0.306 e.